The average molecular weight is 252 g/mol. The van der Waals surface area contributed by atoms with E-state index in [9.17, 15) is 0 Å². The summed E-state index contributed by atoms with van der Waals surface area (Å²) in [7, 11) is 0. The highest BCUT2D eigenvalue weighted by Gasteiger charge is 2.34. The molecule has 2 rings (SSSR count). The first-order valence-corrected chi connectivity index (χ1v) is 8.18. The Kier molecular flexibility index (Phi) is 5.08. The molecular weight excluding hydrogens is 220 g/mol. The summed E-state index contributed by atoms with van der Waals surface area (Å²) in [4.78, 5) is 2.81. The smallest absolute Gasteiger partial charge is 0.0304 e. The molecule has 0 spiro atoms. The molecule has 1 aliphatic carbocycles. The number of nitrogens with one attached hydrogen (secondary N) is 1. The lowest BCUT2D eigenvalue weighted by Gasteiger charge is -2.46. The summed E-state index contributed by atoms with van der Waals surface area (Å²) in [5, 5.41) is 3.78. The lowest BCUT2D eigenvalue weighted by Crippen LogP contribution is -2.61. The molecule has 1 saturated heterocycles. The quantitative estimate of drug-likeness (QED) is 0.774. The van der Waals surface area contributed by atoms with Crippen molar-refractivity contribution in [3.8, 4) is 0 Å². The summed E-state index contributed by atoms with van der Waals surface area (Å²) < 4.78 is 0. The number of hydrogen-bond donors (Lipinski definition) is 1. The molecular formula is C16H32N2. The summed E-state index contributed by atoms with van der Waals surface area (Å²) in [6, 6.07) is 0.870. The van der Waals surface area contributed by atoms with Gasteiger partial charge in [0, 0.05) is 31.2 Å². The largest absolute Gasteiger partial charge is 0.309 e. The van der Waals surface area contributed by atoms with E-state index in [0.717, 1.165) is 12.0 Å². The van der Waals surface area contributed by atoms with Crippen molar-refractivity contribution in [2.75, 3.05) is 19.6 Å². The van der Waals surface area contributed by atoms with Gasteiger partial charge in [-0.05, 0) is 38.0 Å². The maximum atomic E-state index is 3.78. The van der Waals surface area contributed by atoms with Crippen LogP contribution in [-0.4, -0.2) is 36.1 Å². The summed E-state index contributed by atoms with van der Waals surface area (Å²) in [6.07, 6.45) is 9.75. The second kappa shape index (κ2) is 6.38. The first-order chi connectivity index (χ1) is 8.69. The summed E-state index contributed by atoms with van der Waals surface area (Å²) >= 11 is 0. The minimum Gasteiger partial charge on any atom is -0.309 e. The molecule has 106 valence electrons. The van der Waals surface area contributed by atoms with Crippen LogP contribution in [0.2, 0.25) is 0 Å². The van der Waals surface area contributed by atoms with E-state index in [2.05, 4.69) is 31.0 Å². The van der Waals surface area contributed by atoms with E-state index in [1.54, 1.807) is 0 Å². The van der Waals surface area contributed by atoms with Crippen molar-refractivity contribution in [1.82, 2.24) is 10.2 Å². The summed E-state index contributed by atoms with van der Waals surface area (Å²) in [6.45, 7) is 10.8. The highest BCUT2D eigenvalue weighted by atomic mass is 15.2. The van der Waals surface area contributed by atoms with Crippen LogP contribution >= 0.6 is 0 Å². The van der Waals surface area contributed by atoms with Gasteiger partial charge in [0.25, 0.3) is 0 Å². The zero-order valence-corrected chi connectivity index (χ0v) is 12.7. The molecule has 2 nitrogen and oxygen atoms in total. The van der Waals surface area contributed by atoms with Crippen molar-refractivity contribution in [1.29, 1.82) is 0 Å². The van der Waals surface area contributed by atoms with Gasteiger partial charge in [-0.3, -0.25) is 4.90 Å². The van der Waals surface area contributed by atoms with Crippen LogP contribution in [0.1, 0.15) is 65.7 Å². The topological polar surface area (TPSA) is 15.3 Å². The second-order valence-electron chi connectivity index (χ2n) is 6.65. The monoisotopic (exact) mass is 252 g/mol. The Balaban J connectivity index is 1.95. The van der Waals surface area contributed by atoms with E-state index < -0.39 is 0 Å². The third-order valence-electron chi connectivity index (χ3n) is 5.50. The van der Waals surface area contributed by atoms with Crippen LogP contribution in [0.4, 0.5) is 0 Å². The maximum Gasteiger partial charge on any atom is 0.0304 e. The first-order valence-electron chi connectivity index (χ1n) is 8.18. The number of nitrogens with zero attached hydrogens (tertiary/aromatic N) is 1. The average Bonchev–Trinajstić information content (AvgIpc) is 2.63. The van der Waals surface area contributed by atoms with E-state index in [1.165, 1.54) is 64.6 Å². The Labute approximate surface area is 114 Å². The molecule has 2 heteroatoms. The van der Waals surface area contributed by atoms with Gasteiger partial charge in [0.05, 0.1) is 0 Å². The van der Waals surface area contributed by atoms with Crippen molar-refractivity contribution in [2.45, 2.75) is 77.3 Å². The van der Waals surface area contributed by atoms with E-state index in [-0.39, 0.29) is 0 Å². The molecule has 1 N–H and O–H groups in total. The predicted octanol–water partition coefficient (Wildman–Crippen LogP) is 3.42. The van der Waals surface area contributed by atoms with Gasteiger partial charge in [0.2, 0.25) is 0 Å². The van der Waals surface area contributed by atoms with E-state index in [0.29, 0.717) is 5.54 Å². The van der Waals surface area contributed by atoms with E-state index in [4.69, 9.17) is 0 Å². The SMILES string of the molecule is CCC1(CC)CN(C2CCCC(C)CC2)CCN1. The summed E-state index contributed by atoms with van der Waals surface area (Å²) in [5.74, 6) is 0.958. The molecule has 0 aromatic carbocycles. The van der Waals surface area contributed by atoms with Gasteiger partial charge in [-0.1, -0.05) is 33.6 Å². The number of piperazine rings is 1. The Hall–Kier alpha value is -0.0800. The van der Waals surface area contributed by atoms with Gasteiger partial charge in [-0.15, -0.1) is 0 Å². The third kappa shape index (κ3) is 3.27. The van der Waals surface area contributed by atoms with Crippen LogP contribution in [0.25, 0.3) is 0 Å². The van der Waals surface area contributed by atoms with Crippen molar-refractivity contribution in [3.05, 3.63) is 0 Å². The molecule has 0 amide bonds. The Morgan fingerprint density at radius 2 is 1.89 bits per heavy atom. The van der Waals surface area contributed by atoms with Crippen LogP contribution in [-0.2, 0) is 0 Å². The molecule has 2 atom stereocenters. The molecule has 0 aromatic rings. The number of hydrogen-bond acceptors (Lipinski definition) is 2. The molecule has 2 fully saturated rings. The Morgan fingerprint density at radius 3 is 2.61 bits per heavy atom. The highest BCUT2D eigenvalue weighted by Crippen LogP contribution is 2.29. The van der Waals surface area contributed by atoms with Crippen molar-refractivity contribution < 1.29 is 0 Å². The fourth-order valence-corrected chi connectivity index (χ4v) is 3.86. The van der Waals surface area contributed by atoms with Crippen molar-refractivity contribution in [2.24, 2.45) is 5.92 Å². The lowest BCUT2D eigenvalue weighted by molar-refractivity contribution is 0.0783. The molecule has 0 aromatic heterocycles. The normalized spacial score (nSPS) is 34.2. The fourth-order valence-electron chi connectivity index (χ4n) is 3.86. The Bertz CT molecular complexity index is 247. The first kappa shape index (κ1) is 14.3. The van der Waals surface area contributed by atoms with Crippen LogP contribution in [0.3, 0.4) is 0 Å². The third-order valence-corrected chi connectivity index (χ3v) is 5.50. The summed E-state index contributed by atoms with van der Waals surface area (Å²) in [5.41, 5.74) is 0.399. The van der Waals surface area contributed by atoms with Crippen LogP contribution in [0, 0.1) is 5.92 Å². The maximum absolute atomic E-state index is 3.78. The van der Waals surface area contributed by atoms with Crippen molar-refractivity contribution >= 4 is 0 Å². The fraction of sp³-hybridized carbons (Fsp3) is 1.00. The lowest BCUT2D eigenvalue weighted by atomic mass is 9.89. The minimum absolute atomic E-state index is 0.399. The van der Waals surface area contributed by atoms with Gasteiger partial charge in [0.1, 0.15) is 0 Å². The molecule has 1 aliphatic heterocycles. The van der Waals surface area contributed by atoms with Crippen LogP contribution < -0.4 is 5.32 Å². The van der Waals surface area contributed by atoms with Crippen molar-refractivity contribution in [3.63, 3.8) is 0 Å². The minimum atomic E-state index is 0.399. The number of rotatable bonds is 3. The molecule has 2 aliphatic rings. The molecule has 0 bridgehead atoms. The predicted molar refractivity (Wildman–Crippen MR) is 78.9 cm³/mol. The second-order valence-corrected chi connectivity index (χ2v) is 6.65. The van der Waals surface area contributed by atoms with Gasteiger partial charge in [0.15, 0.2) is 0 Å². The van der Waals surface area contributed by atoms with Gasteiger partial charge < -0.3 is 5.32 Å². The molecule has 0 radical (unpaired) electrons. The molecule has 2 unspecified atom stereocenters. The van der Waals surface area contributed by atoms with Gasteiger partial charge in [-0.2, -0.15) is 0 Å². The molecule has 1 saturated carbocycles. The van der Waals surface area contributed by atoms with Gasteiger partial charge >= 0.3 is 0 Å². The van der Waals surface area contributed by atoms with E-state index >= 15 is 0 Å². The van der Waals surface area contributed by atoms with E-state index in [1.807, 2.05) is 0 Å². The van der Waals surface area contributed by atoms with Gasteiger partial charge in [-0.25, -0.2) is 0 Å². The van der Waals surface area contributed by atoms with Crippen LogP contribution in [0.15, 0.2) is 0 Å². The zero-order chi connectivity index (χ0) is 13.0. The highest BCUT2D eigenvalue weighted by molar-refractivity contribution is 4.95. The van der Waals surface area contributed by atoms with Crippen LogP contribution in [0.5, 0.6) is 0 Å². The standard InChI is InChI=1S/C16H32N2/c1-4-16(5-2)13-18(12-11-17-16)15-8-6-7-14(3)9-10-15/h14-15,17H,4-13H2,1-3H3. The Morgan fingerprint density at radius 1 is 1.11 bits per heavy atom. The zero-order valence-electron chi connectivity index (χ0n) is 12.7. The molecule has 18 heavy (non-hydrogen) atoms. The molecule has 1 heterocycles.